The Bertz CT molecular complexity index is 536. The minimum atomic E-state index is -0.791. The van der Waals surface area contributed by atoms with Gasteiger partial charge in [-0.15, -0.1) is 0 Å². The van der Waals surface area contributed by atoms with Crippen LogP contribution in [0.25, 0.3) is 0 Å². The van der Waals surface area contributed by atoms with E-state index < -0.39 is 11.9 Å². The van der Waals surface area contributed by atoms with Gasteiger partial charge in [-0.1, -0.05) is 30.3 Å². The predicted molar refractivity (Wildman–Crippen MR) is 77.6 cm³/mol. The summed E-state index contributed by atoms with van der Waals surface area (Å²) in [6.07, 6.45) is 0. The van der Waals surface area contributed by atoms with Crippen LogP contribution in [0.5, 0.6) is 0 Å². The fraction of sp³-hybridized carbons (Fsp3) is 0.267. The Hall–Kier alpha value is -1.65. The lowest BCUT2D eigenvalue weighted by molar-refractivity contribution is -0.138. The lowest BCUT2D eigenvalue weighted by atomic mass is 9.99. The van der Waals surface area contributed by atoms with Gasteiger partial charge in [-0.2, -0.15) is 11.3 Å². The SMILES string of the molecule is Cc1cscc1CNCC(C(=O)O)c1ccccc1. The second kappa shape index (κ2) is 6.50. The number of carboxylic acid groups (broad SMARTS) is 1. The molecule has 1 heterocycles. The molecule has 0 spiro atoms. The Morgan fingerprint density at radius 1 is 1.32 bits per heavy atom. The molecule has 0 aliphatic carbocycles. The third kappa shape index (κ3) is 3.66. The van der Waals surface area contributed by atoms with E-state index in [9.17, 15) is 9.90 Å². The Morgan fingerprint density at radius 2 is 2.05 bits per heavy atom. The fourth-order valence-electron chi connectivity index (χ4n) is 1.95. The molecule has 0 bridgehead atoms. The average Bonchev–Trinajstić information content (AvgIpc) is 2.81. The van der Waals surface area contributed by atoms with Crippen molar-refractivity contribution in [1.29, 1.82) is 0 Å². The third-order valence-electron chi connectivity index (χ3n) is 3.13. The number of thiophene rings is 1. The van der Waals surface area contributed by atoms with Crippen LogP contribution in [0.3, 0.4) is 0 Å². The van der Waals surface area contributed by atoms with Gasteiger partial charge in [-0.3, -0.25) is 4.79 Å². The van der Waals surface area contributed by atoms with E-state index in [2.05, 4.69) is 23.0 Å². The lowest BCUT2D eigenvalue weighted by Gasteiger charge is -2.13. The van der Waals surface area contributed by atoms with Gasteiger partial charge in [-0.25, -0.2) is 0 Å². The van der Waals surface area contributed by atoms with Gasteiger partial charge < -0.3 is 10.4 Å². The van der Waals surface area contributed by atoms with Crippen molar-refractivity contribution in [2.75, 3.05) is 6.54 Å². The van der Waals surface area contributed by atoms with Crippen molar-refractivity contribution in [3.05, 3.63) is 57.8 Å². The van der Waals surface area contributed by atoms with Gasteiger partial charge in [0.25, 0.3) is 0 Å². The molecule has 0 fully saturated rings. The van der Waals surface area contributed by atoms with Crippen LogP contribution in [0, 0.1) is 6.92 Å². The number of hydrogen-bond donors (Lipinski definition) is 2. The van der Waals surface area contributed by atoms with E-state index in [1.165, 1.54) is 11.1 Å². The van der Waals surface area contributed by atoms with Gasteiger partial charge in [0.1, 0.15) is 0 Å². The molecule has 3 nitrogen and oxygen atoms in total. The molecule has 1 atom stereocenters. The normalized spacial score (nSPS) is 12.3. The van der Waals surface area contributed by atoms with Crippen LogP contribution in [0.4, 0.5) is 0 Å². The zero-order valence-corrected chi connectivity index (χ0v) is 11.6. The summed E-state index contributed by atoms with van der Waals surface area (Å²) in [5.41, 5.74) is 3.33. The van der Waals surface area contributed by atoms with E-state index in [4.69, 9.17) is 0 Å². The standard InChI is InChI=1S/C15H17NO2S/c1-11-9-19-10-13(11)7-16-8-14(15(17)18)12-5-3-2-4-6-12/h2-6,9-10,14,16H,7-8H2,1H3,(H,17,18). The van der Waals surface area contributed by atoms with Gasteiger partial charge in [0.15, 0.2) is 0 Å². The number of hydrogen-bond acceptors (Lipinski definition) is 3. The van der Waals surface area contributed by atoms with E-state index >= 15 is 0 Å². The molecule has 1 aromatic heterocycles. The fourth-order valence-corrected chi connectivity index (χ4v) is 2.81. The maximum absolute atomic E-state index is 11.3. The van der Waals surface area contributed by atoms with Crippen LogP contribution in [0.15, 0.2) is 41.1 Å². The first kappa shape index (κ1) is 13.8. The number of carbonyl (C=O) groups is 1. The minimum Gasteiger partial charge on any atom is -0.481 e. The minimum absolute atomic E-state index is 0.439. The predicted octanol–water partition coefficient (Wildman–Crippen LogP) is 3.01. The lowest BCUT2D eigenvalue weighted by Crippen LogP contribution is -2.26. The van der Waals surface area contributed by atoms with Crippen molar-refractivity contribution in [2.24, 2.45) is 0 Å². The molecule has 4 heteroatoms. The topological polar surface area (TPSA) is 49.3 Å². The van der Waals surface area contributed by atoms with Crippen LogP contribution in [0.2, 0.25) is 0 Å². The van der Waals surface area contributed by atoms with E-state index in [1.807, 2.05) is 30.3 Å². The van der Waals surface area contributed by atoms with Crippen molar-refractivity contribution >= 4 is 17.3 Å². The molecular formula is C15H17NO2S. The number of aliphatic carboxylic acids is 1. The molecule has 0 saturated heterocycles. The highest BCUT2D eigenvalue weighted by atomic mass is 32.1. The van der Waals surface area contributed by atoms with E-state index in [1.54, 1.807) is 11.3 Å². The van der Waals surface area contributed by atoms with Crippen LogP contribution in [-0.4, -0.2) is 17.6 Å². The van der Waals surface area contributed by atoms with Crippen molar-refractivity contribution < 1.29 is 9.90 Å². The summed E-state index contributed by atoms with van der Waals surface area (Å²) in [6, 6.07) is 9.35. The van der Waals surface area contributed by atoms with E-state index in [0.29, 0.717) is 13.1 Å². The Morgan fingerprint density at radius 3 is 2.63 bits per heavy atom. The highest BCUT2D eigenvalue weighted by Crippen LogP contribution is 2.16. The molecule has 19 heavy (non-hydrogen) atoms. The number of benzene rings is 1. The molecule has 1 unspecified atom stereocenters. The van der Waals surface area contributed by atoms with Crippen LogP contribution >= 0.6 is 11.3 Å². The van der Waals surface area contributed by atoms with Crippen LogP contribution in [0.1, 0.15) is 22.6 Å². The first-order valence-electron chi connectivity index (χ1n) is 6.18. The number of carboxylic acids is 1. The maximum atomic E-state index is 11.3. The smallest absolute Gasteiger partial charge is 0.312 e. The summed E-state index contributed by atoms with van der Waals surface area (Å²) in [5.74, 6) is -1.29. The monoisotopic (exact) mass is 275 g/mol. The van der Waals surface area contributed by atoms with Crippen LogP contribution in [-0.2, 0) is 11.3 Å². The van der Waals surface area contributed by atoms with Crippen molar-refractivity contribution in [3.63, 3.8) is 0 Å². The first-order valence-corrected chi connectivity index (χ1v) is 7.13. The largest absolute Gasteiger partial charge is 0.481 e. The number of aryl methyl sites for hydroxylation is 1. The maximum Gasteiger partial charge on any atom is 0.312 e. The van der Waals surface area contributed by atoms with Gasteiger partial charge >= 0.3 is 5.97 Å². The number of rotatable bonds is 6. The third-order valence-corrected chi connectivity index (χ3v) is 4.04. The molecule has 1 aromatic carbocycles. The highest BCUT2D eigenvalue weighted by Gasteiger charge is 2.18. The zero-order chi connectivity index (χ0) is 13.7. The van der Waals surface area contributed by atoms with E-state index in [0.717, 1.165) is 5.56 Å². The van der Waals surface area contributed by atoms with E-state index in [-0.39, 0.29) is 0 Å². The molecule has 2 N–H and O–H groups in total. The van der Waals surface area contributed by atoms with Crippen molar-refractivity contribution in [3.8, 4) is 0 Å². The van der Waals surface area contributed by atoms with Gasteiger partial charge in [0, 0.05) is 13.1 Å². The summed E-state index contributed by atoms with van der Waals surface area (Å²) < 4.78 is 0. The molecule has 2 rings (SSSR count). The van der Waals surface area contributed by atoms with Crippen LogP contribution < -0.4 is 5.32 Å². The quantitative estimate of drug-likeness (QED) is 0.852. The molecule has 0 aliphatic heterocycles. The second-order valence-corrected chi connectivity index (χ2v) is 5.26. The summed E-state index contributed by atoms with van der Waals surface area (Å²) in [5, 5.41) is 16.7. The molecule has 0 radical (unpaired) electrons. The Labute approximate surface area is 116 Å². The summed E-state index contributed by atoms with van der Waals surface area (Å²) in [6.45, 7) is 3.22. The van der Waals surface area contributed by atoms with Gasteiger partial charge in [-0.05, 0) is 34.4 Å². The zero-order valence-electron chi connectivity index (χ0n) is 10.8. The van der Waals surface area contributed by atoms with Crippen molar-refractivity contribution in [1.82, 2.24) is 5.32 Å². The van der Waals surface area contributed by atoms with Crippen molar-refractivity contribution in [2.45, 2.75) is 19.4 Å². The molecular weight excluding hydrogens is 258 g/mol. The Balaban J connectivity index is 1.95. The van der Waals surface area contributed by atoms with Gasteiger partial charge in [0.05, 0.1) is 5.92 Å². The number of nitrogens with one attached hydrogen (secondary N) is 1. The summed E-state index contributed by atoms with van der Waals surface area (Å²) in [7, 11) is 0. The summed E-state index contributed by atoms with van der Waals surface area (Å²) in [4.78, 5) is 11.3. The molecule has 0 saturated carbocycles. The molecule has 0 amide bonds. The first-order chi connectivity index (χ1) is 9.18. The Kier molecular flexibility index (Phi) is 4.71. The molecule has 0 aliphatic rings. The van der Waals surface area contributed by atoms with Gasteiger partial charge in [0.2, 0.25) is 0 Å². The molecule has 2 aromatic rings. The highest BCUT2D eigenvalue weighted by molar-refractivity contribution is 7.08. The second-order valence-electron chi connectivity index (χ2n) is 4.51. The summed E-state index contributed by atoms with van der Waals surface area (Å²) >= 11 is 1.67. The molecule has 100 valence electrons. The average molecular weight is 275 g/mol.